The van der Waals surface area contributed by atoms with E-state index in [1.807, 2.05) is 12.1 Å². The first-order chi connectivity index (χ1) is 13.0. The lowest BCUT2D eigenvalue weighted by Crippen LogP contribution is -2.40. The number of halogens is 3. The number of alkyl halides is 2. The van der Waals surface area contributed by atoms with Crippen molar-refractivity contribution in [1.29, 1.82) is 0 Å². The maximum absolute atomic E-state index is 13.3. The van der Waals surface area contributed by atoms with Crippen molar-refractivity contribution in [2.45, 2.75) is 74.9 Å². The standard InChI is InChI=1S/C21H28F2N2O2.ClH/c22-21(23)8-4-16(5-9-21)25-20(26)15-3-1-2-14(12-15)18-13-19(18)24-17-6-10-27-11-7-17;/h1-3,12,16-19,24H,4-11,13H2,(H,25,26);1H/t18-,19+;/m0./s1. The predicted molar refractivity (Wildman–Crippen MR) is 106 cm³/mol. The first-order valence-corrected chi connectivity index (χ1v) is 10.1. The summed E-state index contributed by atoms with van der Waals surface area (Å²) in [7, 11) is 0. The molecule has 4 nitrogen and oxygen atoms in total. The van der Waals surface area contributed by atoms with E-state index in [1.165, 1.54) is 5.56 Å². The minimum absolute atomic E-state index is 0. The number of carbonyl (C=O) groups is 1. The largest absolute Gasteiger partial charge is 0.381 e. The fraction of sp³-hybridized carbons (Fsp3) is 0.667. The fourth-order valence-electron chi connectivity index (χ4n) is 4.28. The number of rotatable bonds is 5. The summed E-state index contributed by atoms with van der Waals surface area (Å²) in [6, 6.07) is 8.63. The van der Waals surface area contributed by atoms with Gasteiger partial charge in [0, 0.05) is 55.7 Å². The molecule has 4 rings (SSSR count). The summed E-state index contributed by atoms with van der Waals surface area (Å²) < 4.78 is 31.9. The molecule has 0 spiro atoms. The predicted octanol–water partition coefficient (Wildman–Crippen LogP) is 4.04. The minimum atomic E-state index is -2.57. The smallest absolute Gasteiger partial charge is 0.251 e. The SMILES string of the molecule is Cl.O=C(NC1CCC(F)(F)CC1)c1cccc([C@@H]2C[C@H]2NC2CCOCC2)c1. The summed E-state index contributed by atoms with van der Waals surface area (Å²) in [6.45, 7) is 1.66. The molecule has 1 saturated heterocycles. The normalized spacial score (nSPS) is 27.6. The van der Waals surface area contributed by atoms with Crippen LogP contribution in [0, 0.1) is 0 Å². The molecule has 28 heavy (non-hydrogen) atoms. The molecule has 1 aromatic carbocycles. The van der Waals surface area contributed by atoms with Gasteiger partial charge in [0.1, 0.15) is 0 Å². The Balaban J connectivity index is 0.00000225. The van der Waals surface area contributed by atoms with Crippen LogP contribution in [-0.4, -0.2) is 43.2 Å². The van der Waals surface area contributed by atoms with Crippen molar-refractivity contribution in [1.82, 2.24) is 10.6 Å². The van der Waals surface area contributed by atoms with Gasteiger partial charge in [0.15, 0.2) is 0 Å². The zero-order valence-electron chi connectivity index (χ0n) is 16.0. The Morgan fingerprint density at radius 2 is 1.79 bits per heavy atom. The lowest BCUT2D eigenvalue weighted by Gasteiger charge is -2.28. The number of ether oxygens (including phenoxy) is 1. The molecule has 156 valence electrons. The molecule has 0 radical (unpaired) electrons. The van der Waals surface area contributed by atoms with Gasteiger partial charge in [0.2, 0.25) is 5.92 Å². The molecule has 0 unspecified atom stereocenters. The summed E-state index contributed by atoms with van der Waals surface area (Å²) in [5.74, 6) is -2.27. The highest BCUT2D eigenvalue weighted by atomic mass is 35.5. The van der Waals surface area contributed by atoms with Gasteiger partial charge in [-0.2, -0.15) is 0 Å². The molecule has 1 amide bonds. The third-order valence-electron chi connectivity index (χ3n) is 6.09. The molecule has 2 aliphatic carbocycles. The average Bonchev–Trinajstić information content (AvgIpc) is 3.43. The van der Waals surface area contributed by atoms with Crippen LogP contribution in [0.1, 0.15) is 66.8 Å². The molecular formula is C21H29ClF2N2O2. The van der Waals surface area contributed by atoms with Crippen molar-refractivity contribution in [2.75, 3.05) is 13.2 Å². The van der Waals surface area contributed by atoms with Crippen LogP contribution in [0.2, 0.25) is 0 Å². The van der Waals surface area contributed by atoms with E-state index in [4.69, 9.17) is 4.74 Å². The quantitative estimate of drug-likeness (QED) is 0.764. The third kappa shape index (κ3) is 5.43. The topological polar surface area (TPSA) is 50.4 Å². The second-order valence-electron chi connectivity index (χ2n) is 8.23. The van der Waals surface area contributed by atoms with Crippen LogP contribution in [0.25, 0.3) is 0 Å². The van der Waals surface area contributed by atoms with Gasteiger partial charge in [0.05, 0.1) is 0 Å². The Hall–Kier alpha value is -1.24. The van der Waals surface area contributed by atoms with Gasteiger partial charge in [-0.1, -0.05) is 12.1 Å². The van der Waals surface area contributed by atoms with E-state index in [9.17, 15) is 13.6 Å². The van der Waals surface area contributed by atoms with E-state index in [-0.39, 0.29) is 37.2 Å². The molecule has 3 fully saturated rings. The van der Waals surface area contributed by atoms with Gasteiger partial charge in [0.25, 0.3) is 5.91 Å². The lowest BCUT2D eigenvalue weighted by molar-refractivity contribution is -0.0399. The van der Waals surface area contributed by atoms with Crippen LogP contribution >= 0.6 is 12.4 Å². The van der Waals surface area contributed by atoms with Gasteiger partial charge < -0.3 is 15.4 Å². The van der Waals surface area contributed by atoms with Crippen molar-refractivity contribution >= 4 is 18.3 Å². The highest BCUT2D eigenvalue weighted by Gasteiger charge is 2.40. The van der Waals surface area contributed by atoms with Crippen molar-refractivity contribution in [3.05, 3.63) is 35.4 Å². The Bertz CT molecular complexity index is 672. The lowest BCUT2D eigenvalue weighted by atomic mass is 9.92. The van der Waals surface area contributed by atoms with Gasteiger partial charge >= 0.3 is 0 Å². The van der Waals surface area contributed by atoms with Crippen molar-refractivity contribution < 1.29 is 18.3 Å². The Labute approximate surface area is 171 Å². The molecule has 2 saturated carbocycles. The molecule has 2 N–H and O–H groups in total. The van der Waals surface area contributed by atoms with Gasteiger partial charge in [-0.15, -0.1) is 12.4 Å². The van der Waals surface area contributed by atoms with E-state index in [0.717, 1.165) is 32.5 Å². The average molecular weight is 415 g/mol. The number of nitrogens with one attached hydrogen (secondary N) is 2. The Morgan fingerprint density at radius 3 is 2.50 bits per heavy atom. The van der Waals surface area contributed by atoms with Gasteiger partial charge in [-0.25, -0.2) is 8.78 Å². The van der Waals surface area contributed by atoms with E-state index >= 15 is 0 Å². The van der Waals surface area contributed by atoms with E-state index in [1.54, 1.807) is 6.07 Å². The maximum Gasteiger partial charge on any atom is 0.251 e. The monoisotopic (exact) mass is 414 g/mol. The molecule has 1 aliphatic heterocycles. The van der Waals surface area contributed by atoms with Crippen LogP contribution < -0.4 is 10.6 Å². The summed E-state index contributed by atoms with van der Waals surface area (Å²) >= 11 is 0. The van der Waals surface area contributed by atoms with E-state index in [0.29, 0.717) is 36.4 Å². The van der Waals surface area contributed by atoms with Crippen LogP contribution in [-0.2, 0) is 4.74 Å². The number of hydrogen-bond acceptors (Lipinski definition) is 3. The molecule has 0 aromatic heterocycles. The van der Waals surface area contributed by atoms with Crippen LogP contribution in [0.5, 0.6) is 0 Å². The molecule has 7 heteroatoms. The highest BCUT2D eigenvalue weighted by molar-refractivity contribution is 5.94. The van der Waals surface area contributed by atoms with Crippen LogP contribution in [0.15, 0.2) is 24.3 Å². The number of hydrogen-bond donors (Lipinski definition) is 2. The molecule has 1 heterocycles. The minimum Gasteiger partial charge on any atom is -0.381 e. The Morgan fingerprint density at radius 1 is 1.07 bits per heavy atom. The van der Waals surface area contributed by atoms with E-state index < -0.39 is 5.92 Å². The summed E-state index contributed by atoms with van der Waals surface area (Å²) in [5, 5.41) is 6.65. The van der Waals surface area contributed by atoms with Crippen molar-refractivity contribution in [3.8, 4) is 0 Å². The number of amides is 1. The summed E-state index contributed by atoms with van der Waals surface area (Å²) in [4.78, 5) is 12.5. The van der Waals surface area contributed by atoms with Crippen LogP contribution in [0.4, 0.5) is 8.78 Å². The van der Waals surface area contributed by atoms with Crippen molar-refractivity contribution in [3.63, 3.8) is 0 Å². The molecule has 1 aromatic rings. The van der Waals surface area contributed by atoms with Gasteiger partial charge in [-0.05, 0) is 49.8 Å². The number of carbonyl (C=O) groups excluding carboxylic acids is 1. The zero-order valence-corrected chi connectivity index (χ0v) is 16.8. The molecule has 3 aliphatic rings. The second kappa shape index (κ2) is 9.06. The van der Waals surface area contributed by atoms with Crippen LogP contribution in [0.3, 0.4) is 0 Å². The third-order valence-corrected chi connectivity index (χ3v) is 6.09. The fourth-order valence-corrected chi connectivity index (χ4v) is 4.28. The zero-order chi connectivity index (χ0) is 18.9. The maximum atomic E-state index is 13.3. The highest BCUT2D eigenvalue weighted by Crippen LogP contribution is 2.41. The van der Waals surface area contributed by atoms with Crippen molar-refractivity contribution in [2.24, 2.45) is 0 Å². The summed E-state index contributed by atoms with van der Waals surface area (Å²) in [6.07, 6.45) is 3.63. The first-order valence-electron chi connectivity index (χ1n) is 10.1. The Kier molecular flexibility index (Phi) is 6.94. The number of benzene rings is 1. The van der Waals surface area contributed by atoms with E-state index in [2.05, 4.69) is 16.7 Å². The molecule has 0 bridgehead atoms. The second-order valence-corrected chi connectivity index (χ2v) is 8.23. The first kappa shape index (κ1) is 21.5. The molecule has 2 atom stereocenters. The van der Waals surface area contributed by atoms with Gasteiger partial charge in [-0.3, -0.25) is 4.79 Å². The summed E-state index contributed by atoms with van der Waals surface area (Å²) in [5.41, 5.74) is 1.81. The molecular weight excluding hydrogens is 386 g/mol.